The van der Waals surface area contributed by atoms with Crippen LogP contribution in [0.15, 0.2) is 78.5 Å². The Hall–Kier alpha value is -4.59. The first-order valence-electron chi connectivity index (χ1n) is 11.3. The molecule has 8 heteroatoms. The first kappa shape index (κ1) is 23.2. The molecule has 7 nitrogen and oxygen atoms in total. The molecule has 1 aliphatic rings. The molecule has 0 radical (unpaired) electrons. The van der Waals surface area contributed by atoms with Crippen molar-refractivity contribution in [3.63, 3.8) is 0 Å². The number of H-pyrrole nitrogens is 1. The van der Waals surface area contributed by atoms with Gasteiger partial charge in [0.15, 0.2) is 0 Å². The number of likely N-dealkylation sites (tertiary alicyclic amines) is 1. The number of fused-ring (bicyclic) bond motifs is 1. The second-order valence-electron chi connectivity index (χ2n) is 8.57. The molecular weight excluding hydrogens is 463 g/mol. The number of nitrogens with zero attached hydrogens (tertiary/aromatic N) is 1. The van der Waals surface area contributed by atoms with Crippen LogP contribution >= 0.6 is 0 Å². The fraction of sp³-hybridized carbons (Fsp3) is 0.143. The predicted molar refractivity (Wildman–Crippen MR) is 132 cm³/mol. The summed E-state index contributed by atoms with van der Waals surface area (Å²) in [6, 6.07) is 16.0. The van der Waals surface area contributed by atoms with Gasteiger partial charge in [0.2, 0.25) is 0 Å². The van der Waals surface area contributed by atoms with Crippen LogP contribution < -0.4 is 4.74 Å². The minimum atomic E-state index is -0.929. The fourth-order valence-electron chi connectivity index (χ4n) is 4.65. The Morgan fingerprint density at radius 3 is 2.58 bits per heavy atom. The summed E-state index contributed by atoms with van der Waals surface area (Å²) >= 11 is 0. The number of amides is 1. The highest BCUT2D eigenvalue weighted by Gasteiger charge is 2.46. The zero-order chi connectivity index (χ0) is 25.4. The summed E-state index contributed by atoms with van der Waals surface area (Å²) in [6.07, 6.45) is 2.27. The van der Waals surface area contributed by atoms with Crippen LogP contribution in [-0.2, 0) is 16.0 Å². The monoisotopic (exact) mass is 486 g/mol. The van der Waals surface area contributed by atoms with E-state index < -0.39 is 29.3 Å². The molecule has 1 atom stereocenters. The number of ketones is 1. The van der Waals surface area contributed by atoms with Crippen molar-refractivity contribution in [2.45, 2.75) is 12.5 Å². The van der Waals surface area contributed by atoms with Crippen molar-refractivity contribution >= 4 is 28.4 Å². The first-order chi connectivity index (χ1) is 17.4. The highest BCUT2D eigenvalue weighted by atomic mass is 19.1. The zero-order valence-corrected chi connectivity index (χ0v) is 19.4. The number of halogens is 1. The van der Waals surface area contributed by atoms with Crippen LogP contribution in [0.5, 0.6) is 11.5 Å². The number of aliphatic hydroxyl groups is 1. The molecule has 1 aliphatic heterocycles. The Morgan fingerprint density at radius 2 is 1.86 bits per heavy atom. The molecular formula is C28H23FN2O5. The van der Waals surface area contributed by atoms with E-state index in [4.69, 9.17) is 4.74 Å². The largest absolute Gasteiger partial charge is 0.508 e. The van der Waals surface area contributed by atoms with Gasteiger partial charge in [0.25, 0.3) is 11.7 Å². The third kappa shape index (κ3) is 4.07. The molecule has 1 aromatic heterocycles. The normalized spacial score (nSPS) is 17.2. The van der Waals surface area contributed by atoms with Crippen LogP contribution in [0, 0.1) is 5.82 Å². The molecule has 4 aromatic rings. The van der Waals surface area contributed by atoms with E-state index in [1.54, 1.807) is 19.2 Å². The summed E-state index contributed by atoms with van der Waals surface area (Å²) in [5.41, 5.74) is 2.41. The average molecular weight is 486 g/mol. The molecule has 1 amide bonds. The van der Waals surface area contributed by atoms with Crippen LogP contribution in [0.2, 0.25) is 0 Å². The van der Waals surface area contributed by atoms with Crippen LogP contribution in [0.1, 0.15) is 22.7 Å². The quantitative estimate of drug-likeness (QED) is 0.209. The number of benzene rings is 3. The van der Waals surface area contributed by atoms with Gasteiger partial charge in [0.1, 0.15) is 23.1 Å². The number of aromatic amines is 1. The number of phenolic OH excluding ortho intramolecular Hbond substituents is 1. The van der Waals surface area contributed by atoms with Crippen molar-refractivity contribution in [3.05, 3.63) is 101 Å². The second kappa shape index (κ2) is 9.22. The Morgan fingerprint density at radius 1 is 1.08 bits per heavy atom. The van der Waals surface area contributed by atoms with E-state index in [0.717, 1.165) is 16.5 Å². The predicted octanol–water partition coefficient (Wildman–Crippen LogP) is 4.69. The molecule has 0 unspecified atom stereocenters. The number of methoxy groups -OCH3 is 1. The Bertz CT molecular complexity index is 1510. The number of carbonyl (C=O) groups is 2. The van der Waals surface area contributed by atoms with Gasteiger partial charge in [-0.05, 0) is 72.1 Å². The molecule has 0 bridgehead atoms. The lowest BCUT2D eigenvalue weighted by atomic mass is 9.95. The van der Waals surface area contributed by atoms with E-state index in [1.165, 1.54) is 41.3 Å². The standard InChI is InChI=1S/C28H23FN2O5/c1-36-21-9-10-23-22(14-21)18(15-30-23)11-12-31-25(17-3-2-4-20(32)13-17)24(27(34)28(31)35)26(33)16-5-7-19(29)8-6-16/h2-10,13-15,25,30,32-33H,11-12H2,1H3/t25-/m1/s1. The highest BCUT2D eigenvalue weighted by Crippen LogP contribution is 2.40. The molecule has 5 rings (SSSR count). The Balaban J connectivity index is 1.56. The SMILES string of the molecule is COc1ccc2[nH]cc(CCN3C(=O)C(=O)C(=C(O)c4ccc(F)cc4)[C@H]3c3cccc(O)c3)c2c1. The number of hydrogen-bond donors (Lipinski definition) is 3. The maximum Gasteiger partial charge on any atom is 0.295 e. The summed E-state index contributed by atoms with van der Waals surface area (Å²) in [7, 11) is 1.59. The van der Waals surface area contributed by atoms with Crippen LogP contribution in [0.4, 0.5) is 4.39 Å². The van der Waals surface area contributed by atoms with Crippen molar-refractivity contribution in [1.29, 1.82) is 0 Å². The van der Waals surface area contributed by atoms with Crippen molar-refractivity contribution < 1.29 is 28.9 Å². The van der Waals surface area contributed by atoms with Gasteiger partial charge < -0.3 is 24.8 Å². The summed E-state index contributed by atoms with van der Waals surface area (Å²) in [6.45, 7) is 0.176. The molecule has 0 aliphatic carbocycles. The van der Waals surface area contributed by atoms with Crippen molar-refractivity contribution in [1.82, 2.24) is 9.88 Å². The average Bonchev–Trinajstić information content (AvgIpc) is 3.40. The number of aromatic nitrogens is 1. The Kier molecular flexibility index (Phi) is 5.93. The zero-order valence-electron chi connectivity index (χ0n) is 19.4. The third-order valence-electron chi connectivity index (χ3n) is 6.44. The summed E-state index contributed by atoms with van der Waals surface area (Å²) in [5, 5.41) is 22.1. The second-order valence-corrected chi connectivity index (χ2v) is 8.57. The number of rotatable bonds is 6. The van der Waals surface area contributed by atoms with Crippen molar-refractivity contribution in [2.75, 3.05) is 13.7 Å². The summed E-state index contributed by atoms with van der Waals surface area (Å²) in [5.74, 6) is -1.84. The maximum atomic E-state index is 13.4. The van der Waals surface area contributed by atoms with E-state index in [0.29, 0.717) is 17.7 Å². The molecule has 1 saturated heterocycles. The van der Waals surface area contributed by atoms with Gasteiger partial charge in [-0.3, -0.25) is 9.59 Å². The third-order valence-corrected chi connectivity index (χ3v) is 6.44. The van der Waals surface area contributed by atoms with Gasteiger partial charge in [-0.1, -0.05) is 12.1 Å². The molecule has 182 valence electrons. The number of Topliss-reactive ketones (excluding diaryl/α,β-unsaturated/α-hetero) is 1. The van der Waals surface area contributed by atoms with Gasteiger partial charge in [-0.25, -0.2) is 4.39 Å². The van der Waals surface area contributed by atoms with E-state index in [1.807, 2.05) is 24.4 Å². The lowest BCUT2D eigenvalue weighted by Crippen LogP contribution is -2.31. The number of phenols is 1. The Labute approximate surface area is 206 Å². The molecule has 3 aromatic carbocycles. The lowest BCUT2D eigenvalue weighted by molar-refractivity contribution is -0.139. The minimum absolute atomic E-state index is 0.0383. The van der Waals surface area contributed by atoms with Crippen molar-refractivity contribution in [2.24, 2.45) is 0 Å². The van der Waals surface area contributed by atoms with Crippen molar-refractivity contribution in [3.8, 4) is 11.5 Å². The summed E-state index contributed by atoms with van der Waals surface area (Å²) in [4.78, 5) is 30.9. The van der Waals surface area contributed by atoms with Gasteiger partial charge in [-0.2, -0.15) is 0 Å². The van der Waals surface area contributed by atoms with Crippen LogP contribution in [0.3, 0.4) is 0 Å². The smallest absolute Gasteiger partial charge is 0.295 e. The van der Waals surface area contributed by atoms with Gasteiger partial charge >= 0.3 is 0 Å². The fourth-order valence-corrected chi connectivity index (χ4v) is 4.65. The number of carbonyl (C=O) groups excluding carboxylic acids is 2. The van der Waals surface area contributed by atoms with E-state index in [9.17, 15) is 24.2 Å². The van der Waals surface area contributed by atoms with Gasteiger partial charge in [0.05, 0.1) is 18.7 Å². The lowest BCUT2D eigenvalue weighted by Gasteiger charge is -2.25. The molecule has 1 fully saturated rings. The van der Waals surface area contributed by atoms with Gasteiger partial charge in [0, 0.05) is 29.2 Å². The van der Waals surface area contributed by atoms with E-state index in [2.05, 4.69) is 4.98 Å². The number of nitrogens with one attached hydrogen (secondary N) is 1. The van der Waals surface area contributed by atoms with Gasteiger partial charge in [-0.15, -0.1) is 0 Å². The molecule has 0 spiro atoms. The molecule has 2 heterocycles. The highest BCUT2D eigenvalue weighted by molar-refractivity contribution is 6.46. The molecule has 3 N–H and O–H groups in total. The molecule has 36 heavy (non-hydrogen) atoms. The maximum absolute atomic E-state index is 13.4. The number of hydrogen-bond acceptors (Lipinski definition) is 5. The van der Waals surface area contributed by atoms with E-state index in [-0.39, 0.29) is 23.4 Å². The van der Waals surface area contributed by atoms with Crippen LogP contribution in [-0.4, -0.2) is 45.4 Å². The minimum Gasteiger partial charge on any atom is -0.508 e. The van der Waals surface area contributed by atoms with E-state index >= 15 is 0 Å². The van der Waals surface area contributed by atoms with Crippen LogP contribution in [0.25, 0.3) is 16.7 Å². The molecule has 0 saturated carbocycles. The number of aliphatic hydroxyl groups excluding tert-OH is 1. The topological polar surface area (TPSA) is 103 Å². The first-order valence-corrected chi connectivity index (χ1v) is 11.3. The number of aromatic hydroxyl groups is 1. The number of ether oxygens (including phenoxy) is 1. The summed E-state index contributed by atoms with van der Waals surface area (Å²) < 4.78 is 18.8.